The van der Waals surface area contributed by atoms with Crippen LogP contribution in [-0.4, -0.2) is 17.3 Å². The van der Waals surface area contributed by atoms with E-state index >= 15 is 0 Å². The van der Waals surface area contributed by atoms with Crippen molar-refractivity contribution in [2.45, 2.75) is 0 Å². The van der Waals surface area contributed by atoms with Crippen LogP contribution in [0.3, 0.4) is 0 Å². The third-order valence-electron chi connectivity index (χ3n) is 2.61. The molecule has 0 unspecified atom stereocenters. The Bertz CT molecular complexity index is 615. The van der Waals surface area contributed by atoms with Crippen molar-refractivity contribution in [3.8, 4) is 5.75 Å². The largest absolute Gasteiger partial charge is 0.497 e. The number of nitrogens with one attached hydrogen (secondary N) is 3. The van der Waals surface area contributed by atoms with E-state index in [4.69, 9.17) is 29.2 Å². The molecule has 4 nitrogen and oxygen atoms in total. The van der Waals surface area contributed by atoms with Gasteiger partial charge in [-0.3, -0.25) is 0 Å². The molecule has 2 rings (SSSR count). The minimum atomic E-state index is 0.425. The number of methoxy groups -OCH3 is 1. The molecule has 0 aliphatic heterocycles. The standard InChI is InChI=1S/C15H15N3OS2/c1-19-13-9-7-12(8-10-13)17-15(21)18-14(20)16-11-5-3-2-4-6-11/h2-10H,1H3,(H3,16,17,18,20,21). The highest BCUT2D eigenvalue weighted by Gasteiger charge is 2.02. The third-order valence-corrected chi connectivity index (χ3v) is 3.01. The molecular formula is C15H15N3OS2. The Hall–Kier alpha value is -2.18. The highest BCUT2D eigenvalue weighted by atomic mass is 32.1. The van der Waals surface area contributed by atoms with E-state index in [1.807, 2.05) is 54.6 Å². The first-order valence-corrected chi connectivity index (χ1v) is 7.07. The van der Waals surface area contributed by atoms with Crippen LogP contribution in [0, 0.1) is 0 Å². The molecule has 0 atom stereocenters. The van der Waals surface area contributed by atoms with Crippen LogP contribution in [0.15, 0.2) is 54.6 Å². The fraction of sp³-hybridized carbons (Fsp3) is 0.0667. The van der Waals surface area contributed by atoms with Gasteiger partial charge in [-0.15, -0.1) is 0 Å². The van der Waals surface area contributed by atoms with Crippen molar-refractivity contribution in [2.75, 3.05) is 17.7 Å². The van der Waals surface area contributed by atoms with Gasteiger partial charge in [0.15, 0.2) is 10.2 Å². The quantitative estimate of drug-likeness (QED) is 0.755. The molecule has 0 aliphatic carbocycles. The summed E-state index contributed by atoms with van der Waals surface area (Å²) in [4.78, 5) is 0. The molecule has 0 saturated heterocycles. The van der Waals surface area contributed by atoms with Gasteiger partial charge in [0.1, 0.15) is 5.75 Å². The minimum Gasteiger partial charge on any atom is -0.497 e. The van der Waals surface area contributed by atoms with E-state index < -0.39 is 0 Å². The first kappa shape index (κ1) is 15.2. The molecule has 0 aliphatic rings. The number of benzene rings is 2. The number of hydrogen-bond donors (Lipinski definition) is 3. The number of rotatable bonds is 3. The summed E-state index contributed by atoms with van der Waals surface area (Å²) in [5, 5.41) is 9.87. The van der Waals surface area contributed by atoms with Gasteiger partial charge in [0.05, 0.1) is 7.11 Å². The SMILES string of the molecule is COc1ccc(NC(=S)NC(=S)Nc2ccccc2)cc1. The summed E-state index contributed by atoms with van der Waals surface area (Å²) in [5.41, 5.74) is 1.76. The van der Waals surface area contributed by atoms with E-state index in [1.165, 1.54) is 0 Å². The van der Waals surface area contributed by atoms with E-state index in [9.17, 15) is 0 Å². The molecule has 2 aromatic carbocycles. The zero-order valence-electron chi connectivity index (χ0n) is 11.4. The monoisotopic (exact) mass is 317 g/mol. The molecule has 0 bridgehead atoms. The van der Waals surface area contributed by atoms with Crippen LogP contribution in [0.5, 0.6) is 5.75 Å². The summed E-state index contributed by atoms with van der Waals surface area (Å²) in [5.74, 6) is 0.792. The average molecular weight is 317 g/mol. The van der Waals surface area contributed by atoms with Crippen molar-refractivity contribution in [1.29, 1.82) is 0 Å². The number of para-hydroxylation sites is 1. The number of ether oxygens (including phenoxy) is 1. The third kappa shape index (κ3) is 5.02. The molecule has 21 heavy (non-hydrogen) atoms. The Balaban J connectivity index is 1.84. The lowest BCUT2D eigenvalue weighted by atomic mass is 10.3. The van der Waals surface area contributed by atoms with Gasteiger partial charge in [-0.05, 0) is 60.8 Å². The molecule has 0 heterocycles. The van der Waals surface area contributed by atoms with E-state index in [0.29, 0.717) is 10.2 Å². The van der Waals surface area contributed by atoms with E-state index in [-0.39, 0.29) is 0 Å². The second-order valence-electron chi connectivity index (χ2n) is 4.13. The van der Waals surface area contributed by atoms with E-state index in [2.05, 4.69) is 16.0 Å². The maximum Gasteiger partial charge on any atom is 0.177 e. The first-order chi connectivity index (χ1) is 10.2. The molecule has 0 amide bonds. The summed E-state index contributed by atoms with van der Waals surface area (Å²) < 4.78 is 5.10. The first-order valence-electron chi connectivity index (χ1n) is 6.25. The molecule has 3 N–H and O–H groups in total. The van der Waals surface area contributed by atoms with E-state index in [0.717, 1.165) is 17.1 Å². The van der Waals surface area contributed by atoms with Gasteiger partial charge in [0, 0.05) is 11.4 Å². The van der Waals surface area contributed by atoms with Crippen LogP contribution >= 0.6 is 24.4 Å². The molecule has 0 spiro atoms. The summed E-state index contributed by atoms with van der Waals surface area (Å²) in [7, 11) is 1.63. The normalized spacial score (nSPS) is 9.57. The van der Waals surface area contributed by atoms with Gasteiger partial charge in [-0.2, -0.15) is 0 Å². The van der Waals surface area contributed by atoms with Crippen LogP contribution < -0.4 is 20.7 Å². The smallest absolute Gasteiger partial charge is 0.177 e. The van der Waals surface area contributed by atoms with Gasteiger partial charge in [-0.1, -0.05) is 18.2 Å². The molecule has 2 aromatic rings. The van der Waals surface area contributed by atoms with Gasteiger partial charge in [0.2, 0.25) is 0 Å². The molecule has 108 valence electrons. The molecule has 6 heteroatoms. The zero-order valence-corrected chi connectivity index (χ0v) is 13.1. The predicted octanol–water partition coefficient (Wildman–Crippen LogP) is 3.38. The average Bonchev–Trinajstić information content (AvgIpc) is 2.48. The van der Waals surface area contributed by atoms with Crippen LogP contribution in [0.2, 0.25) is 0 Å². The number of anilines is 2. The van der Waals surface area contributed by atoms with Crippen LogP contribution in [0.1, 0.15) is 0 Å². The Morgan fingerprint density at radius 3 is 1.86 bits per heavy atom. The van der Waals surface area contributed by atoms with Crippen LogP contribution in [0.25, 0.3) is 0 Å². The lowest BCUT2D eigenvalue weighted by Crippen LogP contribution is -2.37. The zero-order chi connectivity index (χ0) is 15.1. The van der Waals surface area contributed by atoms with Crippen molar-refractivity contribution in [2.24, 2.45) is 0 Å². The maximum atomic E-state index is 5.21. The molecular weight excluding hydrogens is 302 g/mol. The topological polar surface area (TPSA) is 45.3 Å². The summed E-state index contributed by atoms with van der Waals surface area (Å²) in [6.07, 6.45) is 0. The van der Waals surface area contributed by atoms with Gasteiger partial charge < -0.3 is 20.7 Å². The molecule has 0 fully saturated rings. The predicted molar refractivity (Wildman–Crippen MR) is 95.0 cm³/mol. The highest BCUT2D eigenvalue weighted by Crippen LogP contribution is 2.14. The van der Waals surface area contributed by atoms with Crippen LogP contribution in [0.4, 0.5) is 11.4 Å². The summed E-state index contributed by atoms with van der Waals surface area (Å²) in [6.45, 7) is 0. The van der Waals surface area contributed by atoms with Crippen molar-refractivity contribution in [3.05, 3.63) is 54.6 Å². The Morgan fingerprint density at radius 1 is 0.810 bits per heavy atom. The van der Waals surface area contributed by atoms with Gasteiger partial charge in [0.25, 0.3) is 0 Å². The van der Waals surface area contributed by atoms with E-state index in [1.54, 1.807) is 7.11 Å². The fourth-order valence-corrected chi connectivity index (χ4v) is 2.13. The highest BCUT2D eigenvalue weighted by molar-refractivity contribution is 7.82. The minimum absolute atomic E-state index is 0.425. The lowest BCUT2D eigenvalue weighted by molar-refractivity contribution is 0.415. The Labute approximate surface area is 134 Å². The number of thiocarbonyl (C=S) groups is 2. The van der Waals surface area contributed by atoms with Crippen molar-refractivity contribution >= 4 is 46.0 Å². The van der Waals surface area contributed by atoms with Crippen molar-refractivity contribution < 1.29 is 4.74 Å². The summed E-state index contributed by atoms with van der Waals surface area (Å²) in [6, 6.07) is 17.1. The fourth-order valence-electron chi connectivity index (χ4n) is 1.62. The summed E-state index contributed by atoms with van der Waals surface area (Å²) >= 11 is 10.4. The molecule has 0 radical (unpaired) electrons. The molecule has 0 aromatic heterocycles. The number of hydrogen-bond acceptors (Lipinski definition) is 3. The van der Waals surface area contributed by atoms with Crippen molar-refractivity contribution in [3.63, 3.8) is 0 Å². The van der Waals surface area contributed by atoms with Gasteiger partial charge in [-0.25, -0.2) is 0 Å². The maximum absolute atomic E-state index is 5.21. The van der Waals surface area contributed by atoms with Gasteiger partial charge >= 0.3 is 0 Å². The Morgan fingerprint density at radius 2 is 1.33 bits per heavy atom. The lowest BCUT2D eigenvalue weighted by Gasteiger charge is -2.13. The second-order valence-corrected chi connectivity index (χ2v) is 4.94. The van der Waals surface area contributed by atoms with Crippen LogP contribution in [-0.2, 0) is 0 Å². The Kier molecular flexibility index (Phi) is 5.48. The second kappa shape index (κ2) is 7.56. The molecule has 0 saturated carbocycles. The van der Waals surface area contributed by atoms with Crippen molar-refractivity contribution in [1.82, 2.24) is 5.32 Å².